The minimum absolute atomic E-state index is 0.0785. The van der Waals surface area contributed by atoms with Crippen LogP contribution in [-0.4, -0.2) is 48.2 Å². The van der Waals surface area contributed by atoms with Crippen LogP contribution in [0.3, 0.4) is 0 Å². The molecule has 1 saturated carbocycles. The van der Waals surface area contributed by atoms with Gasteiger partial charge in [0.2, 0.25) is 5.91 Å². The summed E-state index contributed by atoms with van der Waals surface area (Å²) in [5, 5.41) is 8.95. The lowest BCUT2D eigenvalue weighted by Crippen LogP contribution is -2.43. The molecular weight excluding hydrogens is 234 g/mol. The first-order valence-corrected chi connectivity index (χ1v) is 6.66. The van der Waals surface area contributed by atoms with Crippen molar-refractivity contribution >= 4 is 11.9 Å². The molecule has 1 aliphatic carbocycles. The zero-order chi connectivity index (χ0) is 13.1. The fraction of sp³-hybridized carbons (Fsp3) is 0.846. The second-order valence-corrected chi connectivity index (χ2v) is 5.31. The van der Waals surface area contributed by atoms with Crippen molar-refractivity contribution in [3.05, 3.63) is 0 Å². The number of hydrogen-bond acceptors (Lipinski definition) is 3. The lowest BCUT2D eigenvalue weighted by molar-refractivity contribution is -0.142. The van der Waals surface area contributed by atoms with Crippen molar-refractivity contribution in [1.82, 2.24) is 4.90 Å². The molecule has 0 aromatic rings. The van der Waals surface area contributed by atoms with Crippen LogP contribution in [-0.2, 0) is 14.3 Å². The van der Waals surface area contributed by atoms with Crippen LogP contribution < -0.4 is 0 Å². The number of piperidine rings is 1. The summed E-state index contributed by atoms with van der Waals surface area (Å²) in [5.41, 5.74) is 0. The van der Waals surface area contributed by atoms with Gasteiger partial charge in [-0.15, -0.1) is 0 Å². The van der Waals surface area contributed by atoms with E-state index in [2.05, 4.69) is 0 Å². The number of carbonyl (C=O) groups excluding carboxylic acids is 1. The molecule has 2 rings (SSSR count). The van der Waals surface area contributed by atoms with Crippen LogP contribution in [0.5, 0.6) is 0 Å². The van der Waals surface area contributed by atoms with Gasteiger partial charge in [0.25, 0.3) is 0 Å². The van der Waals surface area contributed by atoms with Crippen molar-refractivity contribution in [2.75, 3.05) is 20.2 Å². The number of nitrogens with zero attached hydrogens (tertiary/aromatic N) is 1. The van der Waals surface area contributed by atoms with Crippen LogP contribution >= 0.6 is 0 Å². The number of carboxylic acid groups (broad SMARTS) is 1. The molecule has 2 unspecified atom stereocenters. The first kappa shape index (κ1) is 13.3. The van der Waals surface area contributed by atoms with Gasteiger partial charge in [-0.25, -0.2) is 0 Å². The lowest BCUT2D eigenvalue weighted by Gasteiger charge is -2.32. The highest BCUT2D eigenvalue weighted by molar-refractivity contribution is 5.81. The van der Waals surface area contributed by atoms with Crippen molar-refractivity contribution < 1.29 is 19.4 Å². The van der Waals surface area contributed by atoms with E-state index in [4.69, 9.17) is 9.84 Å². The van der Waals surface area contributed by atoms with Gasteiger partial charge in [-0.1, -0.05) is 0 Å². The molecule has 1 heterocycles. The average Bonchev–Trinajstić information content (AvgIpc) is 2.88. The summed E-state index contributed by atoms with van der Waals surface area (Å²) in [5.74, 6) is -1.02. The Hall–Kier alpha value is -1.10. The number of ether oxygens (including phenoxy) is 1. The molecule has 1 aliphatic heterocycles. The maximum absolute atomic E-state index is 12.3. The predicted molar refractivity (Wildman–Crippen MR) is 65.1 cm³/mol. The molecule has 1 amide bonds. The maximum Gasteiger partial charge on any atom is 0.306 e. The smallest absolute Gasteiger partial charge is 0.306 e. The van der Waals surface area contributed by atoms with Gasteiger partial charge in [-0.05, 0) is 32.1 Å². The lowest BCUT2D eigenvalue weighted by atomic mass is 10.0. The molecule has 1 saturated heterocycles. The highest BCUT2D eigenvalue weighted by Crippen LogP contribution is 2.33. The van der Waals surface area contributed by atoms with Crippen LogP contribution in [0, 0.1) is 11.8 Å². The number of rotatable bonds is 3. The number of likely N-dealkylation sites (tertiary alicyclic amines) is 1. The predicted octanol–water partition coefficient (Wildman–Crippen LogP) is 1.12. The molecule has 0 radical (unpaired) electrons. The molecule has 5 nitrogen and oxygen atoms in total. The van der Waals surface area contributed by atoms with Gasteiger partial charge in [0.1, 0.15) is 0 Å². The molecule has 2 atom stereocenters. The number of hydrogen-bond donors (Lipinski definition) is 1. The first-order chi connectivity index (χ1) is 8.61. The van der Waals surface area contributed by atoms with E-state index in [1.54, 1.807) is 7.11 Å². The Morgan fingerprint density at radius 3 is 2.22 bits per heavy atom. The minimum Gasteiger partial charge on any atom is -0.481 e. The van der Waals surface area contributed by atoms with Crippen molar-refractivity contribution in [3.8, 4) is 0 Å². The second kappa shape index (κ2) is 5.69. The van der Waals surface area contributed by atoms with Gasteiger partial charge in [0.15, 0.2) is 0 Å². The van der Waals surface area contributed by atoms with E-state index in [0.29, 0.717) is 12.8 Å². The van der Waals surface area contributed by atoms with Gasteiger partial charge in [0, 0.05) is 26.1 Å². The quantitative estimate of drug-likeness (QED) is 0.820. The topological polar surface area (TPSA) is 66.8 Å². The number of aliphatic carboxylic acids is 1. The van der Waals surface area contributed by atoms with Crippen LogP contribution in [0.4, 0.5) is 0 Å². The van der Waals surface area contributed by atoms with E-state index < -0.39 is 5.97 Å². The van der Waals surface area contributed by atoms with Gasteiger partial charge >= 0.3 is 5.97 Å². The van der Waals surface area contributed by atoms with Gasteiger partial charge in [0.05, 0.1) is 12.0 Å². The third-order valence-corrected chi connectivity index (χ3v) is 4.22. The number of carboxylic acids is 1. The Labute approximate surface area is 107 Å². The first-order valence-electron chi connectivity index (χ1n) is 6.66. The Morgan fingerprint density at radius 1 is 1.11 bits per heavy atom. The zero-order valence-electron chi connectivity index (χ0n) is 10.8. The fourth-order valence-corrected chi connectivity index (χ4v) is 3.00. The second-order valence-electron chi connectivity index (χ2n) is 5.31. The largest absolute Gasteiger partial charge is 0.481 e. The Bertz CT molecular complexity index is 323. The number of methoxy groups -OCH3 is 1. The minimum atomic E-state index is -0.761. The number of carbonyl (C=O) groups is 2. The molecular formula is C13H21NO4. The van der Waals surface area contributed by atoms with Gasteiger partial charge < -0.3 is 14.7 Å². The van der Waals surface area contributed by atoms with Crippen LogP contribution in [0.1, 0.15) is 32.1 Å². The molecule has 0 spiro atoms. The monoisotopic (exact) mass is 255 g/mol. The Balaban J connectivity index is 1.84. The van der Waals surface area contributed by atoms with E-state index in [-0.39, 0.29) is 23.8 Å². The molecule has 1 N–H and O–H groups in total. The molecule has 2 fully saturated rings. The summed E-state index contributed by atoms with van der Waals surface area (Å²) >= 11 is 0. The molecule has 0 bridgehead atoms. The van der Waals surface area contributed by atoms with Crippen LogP contribution in [0.2, 0.25) is 0 Å². The fourth-order valence-electron chi connectivity index (χ4n) is 3.00. The standard InChI is InChI=1S/C13H21NO4/c1-18-11-4-6-14(7-5-11)12(15)9-2-3-10(8-9)13(16)17/h9-11H,2-8H2,1H3,(H,16,17). The summed E-state index contributed by atoms with van der Waals surface area (Å²) in [4.78, 5) is 25.0. The average molecular weight is 255 g/mol. The van der Waals surface area contributed by atoms with Gasteiger partial charge in [-0.2, -0.15) is 0 Å². The molecule has 2 aliphatic rings. The summed E-state index contributed by atoms with van der Waals surface area (Å²) < 4.78 is 5.28. The van der Waals surface area contributed by atoms with Crippen LogP contribution in [0.25, 0.3) is 0 Å². The Kier molecular flexibility index (Phi) is 4.22. The number of amides is 1. The van der Waals surface area contributed by atoms with E-state index in [0.717, 1.165) is 32.4 Å². The third kappa shape index (κ3) is 2.83. The third-order valence-electron chi connectivity index (χ3n) is 4.22. The molecule has 5 heteroatoms. The SMILES string of the molecule is COC1CCN(C(=O)C2CCC(C(=O)O)C2)CC1. The van der Waals surface area contributed by atoms with Crippen molar-refractivity contribution in [2.24, 2.45) is 11.8 Å². The molecule has 102 valence electrons. The van der Waals surface area contributed by atoms with Crippen molar-refractivity contribution in [3.63, 3.8) is 0 Å². The molecule has 0 aromatic heterocycles. The maximum atomic E-state index is 12.3. The molecule has 0 aromatic carbocycles. The highest BCUT2D eigenvalue weighted by atomic mass is 16.5. The molecule has 18 heavy (non-hydrogen) atoms. The van der Waals surface area contributed by atoms with Crippen molar-refractivity contribution in [1.29, 1.82) is 0 Å². The summed E-state index contributed by atoms with van der Waals surface area (Å²) in [7, 11) is 1.70. The summed E-state index contributed by atoms with van der Waals surface area (Å²) in [6.45, 7) is 1.48. The van der Waals surface area contributed by atoms with E-state index in [9.17, 15) is 9.59 Å². The van der Waals surface area contributed by atoms with Crippen molar-refractivity contribution in [2.45, 2.75) is 38.2 Å². The van der Waals surface area contributed by atoms with E-state index in [1.165, 1.54) is 0 Å². The summed E-state index contributed by atoms with van der Waals surface area (Å²) in [6, 6.07) is 0. The highest BCUT2D eigenvalue weighted by Gasteiger charge is 2.36. The van der Waals surface area contributed by atoms with Gasteiger partial charge in [-0.3, -0.25) is 9.59 Å². The van der Waals surface area contributed by atoms with E-state index in [1.807, 2.05) is 4.90 Å². The zero-order valence-corrected chi connectivity index (χ0v) is 10.8. The Morgan fingerprint density at radius 2 is 1.72 bits per heavy atom. The normalized spacial score (nSPS) is 29.5. The summed E-state index contributed by atoms with van der Waals surface area (Å²) in [6.07, 6.45) is 3.91. The van der Waals surface area contributed by atoms with Crippen LogP contribution in [0.15, 0.2) is 0 Å². The van der Waals surface area contributed by atoms with E-state index >= 15 is 0 Å².